The summed E-state index contributed by atoms with van der Waals surface area (Å²) in [5.41, 5.74) is 5.60. The molecule has 2 amide bonds. The average Bonchev–Trinajstić information content (AvgIpc) is 2.80. The first-order chi connectivity index (χ1) is 9.40. The first-order valence-electron chi connectivity index (χ1n) is 6.02. The van der Waals surface area contributed by atoms with Gasteiger partial charge in [-0.15, -0.1) is 0 Å². The number of amides is 2. The van der Waals surface area contributed by atoms with Crippen molar-refractivity contribution in [1.29, 1.82) is 0 Å². The average molecular weight is 278 g/mol. The van der Waals surface area contributed by atoms with E-state index in [0.29, 0.717) is 0 Å². The summed E-state index contributed by atoms with van der Waals surface area (Å²) < 4.78 is 0. The molecule has 0 saturated carbocycles. The van der Waals surface area contributed by atoms with Crippen LogP contribution in [0.25, 0.3) is 0 Å². The second kappa shape index (κ2) is 5.30. The third-order valence-electron chi connectivity index (χ3n) is 3.24. The number of benzene rings is 1. The molecule has 0 bridgehead atoms. The molecule has 0 spiro atoms. The number of rotatable bonds is 3. The van der Waals surface area contributed by atoms with Gasteiger partial charge in [-0.3, -0.25) is 9.59 Å². The van der Waals surface area contributed by atoms with E-state index in [4.69, 9.17) is 10.8 Å². The van der Waals surface area contributed by atoms with E-state index in [9.17, 15) is 19.5 Å². The van der Waals surface area contributed by atoms with Crippen molar-refractivity contribution in [2.24, 2.45) is 5.73 Å². The molecular weight excluding hydrogens is 264 g/mol. The number of nitrogens with zero attached hydrogens (tertiary/aromatic N) is 1. The van der Waals surface area contributed by atoms with E-state index in [1.165, 1.54) is 24.3 Å². The van der Waals surface area contributed by atoms with E-state index in [0.717, 1.165) is 4.90 Å². The van der Waals surface area contributed by atoms with Crippen molar-refractivity contribution in [3.63, 3.8) is 0 Å². The molecule has 7 heteroatoms. The van der Waals surface area contributed by atoms with Gasteiger partial charge in [0.1, 0.15) is 6.04 Å². The zero-order valence-electron chi connectivity index (χ0n) is 10.5. The second-order valence-corrected chi connectivity index (χ2v) is 4.64. The summed E-state index contributed by atoms with van der Waals surface area (Å²) in [6.07, 6.45) is -0.828. The SMILES string of the molecule is NC(=O)c1ccc(C(=O)N2C[C@H](O)C[C@H]2C(=O)O)cc1. The molecule has 1 aromatic rings. The third kappa shape index (κ3) is 2.62. The molecule has 1 saturated heterocycles. The van der Waals surface area contributed by atoms with Crippen LogP contribution in [-0.4, -0.2) is 51.6 Å². The number of hydrogen-bond acceptors (Lipinski definition) is 4. The van der Waals surface area contributed by atoms with Gasteiger partial charge >= 0.3 is 5.97 Å². The molecule has 2 atom stereocenters. The molecule has 1 aliphatic heterocycles. The molecular formula is C13H14N2O5. The largest absolute Gasteiger partial charge is 0.480 e. The quantitative estimate of drug-likeness (QED) is 0.684. The summed E-state index contributed by atoms with van der Waals surface area (Å²) in [6.45, 7) is -0.0205. The molecule has 0 radical (unpaired) electrons. The Labute approximate surface area is 114 Å². The Morgan fingerprint density at radius 3 is 2.20 bits per heavy atom. The summed E-state index contributed by atoms with van der Waals surface area (Å²) in [6, 6.07) is 4.58. The van der Waals surface area contributed by atoms with Crippen molar-refractivity contribution in [1.82, 2.24) is 4.90 Å². The number of aliphatic carboxylic acids is 1. The highest BCUT2D eigenvalue weighted by atomic mass is 16.4. The van der Waals surface area contributed by atoms with E-state index in [1.807, 2.05) is 0 Å². The van der Waals surface area contributed by atoms with E-state index in [2.05, 4.69) is 0 Å². The van der Waals surface area contributed by atoms with Crippen LogP contribution in [-0.2, 0) is 4.79 Å². The van der Waals surface area contributed by atoms with Crippen LogP contribution in [0.2, 0.25) is 0 Å². The molecule has 1 heterocycles. The van der Waals surface area contributed by atoms with Crippen molar-refractivity contribution in [2.75, 3.05) is 6.54 Å². The van der Waals surface area contributed by atoms with Crippen molar-refractivity contribution < 1.29 is 24.6 Å². The van der Waals surface area contributed by atoms with Gasteiger partial charge in [-0.05, 0) is 24.3 Å². The first kappa shape index (κ1) is 14.0. The minimum absolute atomic E-state index is 0.0143. The molecule has 106 valence electrons. The number of primary amides is 1. The number of carbonyl (C=O) groups excluding carboxylic acids is 2. The Balaban J connectivity index is 2.22. The predicted molar refractivity (Wildman–Crippen MR) is 68.0 cm³/mol. The zero-order chi connectivity index (χ0) is 14.9. The molecule has 1 aromatic carbocycles. The first-order valence-corrected chi connectivity index (χ1v) is 6.02. The fourth-order valence-electron chi connectivity index (χ4n) is 2.22. The normalized spacial score (nSPS) is 21.8. The topological polar surface area (TPSA) is 121 Å². The van der Waals surface area contributed by atoms with Gasteiger partial charge in [0.25, 0.3) is 5.91 Å². The summed E-state index contributed by atoms with van der Waals surface area (Å²) in [5.74, 6) is -2.25. The molecule has 1 aliphatic rings. The standard InChI is InChI=1S/C13H14N2O5/c14-11(17)7-1-3-8(4-2-7)12(18)15-6-9(16)5-10(15)13(19)20/h1-4,9-10,16H,5-6H2,(H2,14,17)(H,19,20)/t9-,10+/m1/s1. The van der Waals surface area contributed by atoms with Crippen LogP contribution in [0.3, 0.4) is 0 Å². The van der Waals surface area contributed by atoms with E-state index >= 15 is 0 Å². The number of likely N-dealkylation sites (tertiary alicyclic amines) is 1. The van der Waals surface area contributed by atoms with Crippen LogP contribution in [0.15, 0.2) is 24.3 Å². The molecule has 0 aliphatic carbocycles. The lowest BCUT2D eigenvalue weighted by molar-refractivity contribution is -0.141. The predicted octanol–water partition coefficient (Wildman–Crippen LogP) is -0.554. The van der Waals surface area contributed by atoms with Crippen molar-refractivity contribution >= 4 is 17.8 Å². The van der Waals surface area contributed by atoms with Gasteiger partial charge in [-0.2, -0.15) is 0 Å². The van der Waals surface area contributed by atoms with Crippen molar-refractivity contribution in [2.45, 2.75) is 18.6 Å². The van der Waals surface area contributed by atoms with Crippen LogP contribution >= 0.6 is 0 Å². The van der Waals surface area contributed by atoms with Crippen LogP contribution in [0.1, 0.15) is 27.1 Å². The van der Waals surface area contributed by atoms with Crippen LogP contribution in [0, 0.1) is 0 Å². The summed E-state index contributed by atoms with van der Waals surface area (Å²) in [4.78, 5) is 35.4. The monoisotopic (exact) mass is 278 g/mol. The number of nitrogens with two attached hydrogens (primary N) is 1. The summed E-state index contributed by atoms with van der Waals surface area (Å²) in [5, 5.41) is 18.6. The molecule has 0 unspecified atom stereocenters. The molecule has 0 aromatic heterocycles. The fraction of sp³-hybridized carbons (Fsp3) is 0.308. The molecule has 7 nitrogen and oxygen atoms in total. The number of aliphatic hydroxyl groups excluding tert-OH is 1. The third-order valence-corrected chi connectivity index (χ3v) is 3.24. The van der Waals surface area contributed by atoms with E-state index in [-0.39, 0.29) is 24.1 Å². The smallest absolute Gasteiger partial charge is 0.326 e. The van der Waals surface area contributed by atoms with Gasteiger partial charge in [-0.1, -0.05) is 0 Å². The Hall–Kier alpha value is -2.41. The molecule has 2 rings (SSSR count). The van der Waals surface area contributed by atoms with Gasteiger partial charge in [0, 0.05) is 24.1 Å². The maximum atomic E-state index is 12.2. The lowest BCUT2D eigenvalue weighted by Gasteiger charge is -2.21. The van der Waals surface area contributed by atoms with Gasteiger partial charge in [0.2, 0.25) is 5.91 Å². The minimum atomic E-state index is -1.15. The van der Waals surface area contributed by atoms with Gasteiger partial charge in [0.15, 0.2) is 0 Å². The Bertz CT molecular complexity index is 554. The second-order valence-electron chi connectivity index (χ2n) is 4.64. The van der Waals surface area contributed by atoms with Gasteiger partial charge in [-0.25, -0.2) is 4.79 Å². The number of carboxylic acid groups (broad SMARTS) is 1. The zero-order valence-corrected chi connectivity index (χ0v) is 10.5. The number of aliphatic hydroxyl groups is 1. The number of carbonyl (C=O) groups is 3. The maximum absolute atomic E-state index is 12.2. The minimum Gasteiger partial charge on any atom is -0.480 e. The fourth-order valence-corrected chi connectivity index (χ4v) is 2.22. The van der Waals surface area contributed by atoms with Crippen LogP contribution in [0.4, 0.5) is 0 Å². The maximum Gasteiger partial charge on any atom is 0.326 e. The molecule has 1 fully saturated rings. The lowest BCUT2D eigenvalue weighted by atomic mass is 10.1. The highest BCUT2D eigenvalue weighted by Crippen LogP contribution is 2.21. The highest BCUT2D eigenvalue weighted by Gasteiger charge is 2.39. The number of carboxylic acids is 1. The molecule has 4 N–H and O–H groups in total. The van der Waals surface area contributed by atoms with Gasteiger partial charge in [0.05, 0.1) is 6.10 Å². The van der Waals surface area contributed by atoms with E-state index in [1.54, 1.807) is 0 Å². The van der Waals surface area contributed by atoms with Crippen molar-refractivity contribution in [3.05, 3.63) is 35.4 Å². The van der Waals surface area contributed by atoms with E-state index < -0.39 is 29.9 Å². The number of β-amino-alcohol motifs (C(OH)–C–C–N with tert-alkyl or cyclic N) is 1. The van der Waals surface area contributed by atoms with Crippen LogP contribution in [0.5, 0.6) is 0 Å². The number of hydrogen-bond donors (Lipinski definition) is 3. The Kier molecular flexibility index (Phi) is 3.71. The summed E-state index contributed by atoms with van der Waals surface area (Å²) in [7, 11) is 0. The van der Waals surface area contributed by atoms with Crippen LogP contribution < -0.4 is 5.73 Å². The van der Waals surface area contributed by atoms with Gasteiger partial charge < -0.3 is 20.8 Å². The highest BCUT2D eigenvalue weighted by molar-refractivity contribution is 5.98. The molecule has 20 heavy (non-hydrogen) atoms. The van der Waals surface area contributed by atoms with Crippen molar-refractivity contribution in [3.8, 4) is 0 Å². The Morgan fingerprint density at radius 2 is 1.70 bits per heavy atom. The lowest BCUT2D eigenvalue weighted by Crippen LogP contribution is -2.40. The Morgan fingerprint density at radius 1 is 1.15 bits per heavy atom. The summed E-state index contributed by atoms with van der Waals surface area (Å²) >= 11 is 0.